The van der Waals surface area contributed by atoms with Crippen LogP contribution in [0.4, 0.5) is 5.13 Å². The van der Waals surface area contributed by atoms with E-state index in [2.05, 4.69) is 15.4 Å². The molecule has 0 unspecified atom stereocenters. The molecule has 0 spiro atoms. The SMILES string of the molecule is CCOC(=O)c1ccc2nc(NC(=O)c3cc(C)n(C)n3)sc2c1. The van der Waals surface area contributed by atoms with E-state index in [1.165, 1.54) is 11.3 Å². The summed E-state index contributed by atoms with van der Waals surface area (Å²) < 4.78 is 7.42. The van der Waals surface area contributed by atoms with Gasteiger partial charge in [0.15, 0.2) is 10.8 Å². The lowest BCUT2D eigenvalue weighted by Crippen LogP contribution is -2.12. The predicted molar refractivity (Wildman–Crippen MR) is 91.5 cm³/mol. The van der Waals surface area contributed by atoms with E-state index in [4.69, 9.17) is 4.74 Å². The van der Waals surface area contributed by atoms with Crippen molar-refractivity contribution in [2.75, 3.05) is 11.9 Å². The number of carbonyl (C=O) groups excluding carboxylic acids is 2. The van der Waals surface area contributed by atoms with Gasteiger partial charge in [0.25, 0.3) is 5.91 Å². The van der Waals surface area contributed by atoms with Crippen LogP contribution in [0.2, 0.25) is 0 Å². The van der Waals surface area contributed by atoms with Crippen molar-refractivity contribution in [3.05, 3.63) is 41.2 Å². The average molecular weight is 344 g/mol. The van der Waals surface area contributed by atoms with Crippen LogP contribution >= 0.6 is 11.3 Å². The molecule has 0 radical (unpaired) electrons. The Balaban J connectivity index is 1.82. The van der Waals surface area contributed by atoms with E-state index in [0.29, 0.717) is 28.5 Å². The fraction of sp³-hybridized carbons (Fsp3) is 0.250. The Morgan fingerprint density at radius 2 is 2.12 bits per heavy atom. The average Bonchev–Trinajstić information content (AvgIpc) is 3.09. The highest BCUT2D eigenvalue weighted by molar-refractivity contribution is 7.22. The number of thiazole rings is 1. The molecule has 3 aromatic rings. The Morgan fingerprint density at radius 1 is 1.33 bits per heavy atom. The number of hydrogen-bond acceptors (Lipinski definition) is 6. The number of rotatable bonds is 4. The highest BCUT2D eigenvalue weighted by Crippen LogP contribution is 2.27. The summed E-state index contributed by atoms with van der Waals surface area (Å²) in [6.45, 7) is 3.96. The third-order valence-corrected chi connectivity index (χ3v) is 4.40. The second kappa shape index (κ2) is 6.40. The molecule has 0 aliphatic heterocycles. The van der Waals surface area contributed by atoms with Crippen LogP contribution in [0.15, 0.2) is 24.3 Å². The Hall–Kier alpha value is -2.74. The van der Waals surface area contributed by atoms with Crippen LogP contribution < -0.4 is 5.32 Å². The first-order valence-electron chi connectivity index (χ1n) is 7.37. The number of hydrogen-bond donors (Lipinski definition) is 1. The maximum atomic E-state index is 12.2. The molecule has 0 aliphatic carbocycles. The lowest BCUT2D eigenvalue weighted by atomic mass is 10.2. The van der Waals surface area contributed by atoms with Crippen LogP contribution in [-0.4, -0.2) is 33.2 Å². The molecule has 0 aliphatic rings. The number of benzene rings is 1. The van der Waals surface area contributed by atoms with Crippen LogP contribution in [0.3, 0.4) is 0 Å². The van der Waals surface area contributed by atoms with Gasteiger partial charge in [-0.2, -0.15) is 5.10 Å². The molecule has 0 fully saturated rings. The Bertz CT molecular complexity index is 909. The zero-order valence-corrected chi connectivity index (χ0v) is 14.3. The van der Waals surface area contributed by atoms with E-state index < -0.39 is 0 Å². The molecule has 8 heteroatoms. The molecule has 124 valence electrons. The second-order valence-electron chi connectivity index (χ2n) is 5.17. The Kier molecular flexibility index (Phi) is 4.30. The van der Waals surface area contributed by atoms with E-state index in [9.17, 15) is 9.59 Å². The molecule has 2 aromatic heterocycles. The van der Waals surface area contributed by atoms with Gasteiger partial charge in [-0.25, -0.2) is 9.78 Å². The maximum Gasteiger partial charge on any atom is 0.338 e. The highest BCUT2D eigenvalue weighted by atomic mass is 32.1. The number of aryl methyl sites for hydroxylation is 2. The number of carbonyl (C=O) groups is 2. The first-order valence-corrected chi connectivity index (χ1v) is 8.19. The summed E-state index contributed by atoms with van der Waals surface area (Å²) in [6.07, 6.45) is 0. The Labute approximate surface area is 142 Å². The molecule has 3 rings (SSSR count). The molecule has 0 saturated heterocycles. The molecule has 0 saturated carbocycles. The van der Waals surface area contributed by atoms with E-state index >= 15 is 0 Å². The van der Waals surface area contributed by atoms with Gasteiger partial charge in [-0.1, -0.05) is 11.3 Å². The van der Waals surface area contributed by atoms with Gasteiger partial charge in [-0.15, -0.1) is 0 Å². The summed E-state index contributed by atoms with van der Waals surface area (Å²) in [5.41, 5.74) is 2.40. The van der Waals surface area contributed by atoms with Gasteiger partial charge in [0.1, 0.15) is 0 Å². The Morgan fingerprint density at radius 3 is 2.79 bits per heavy atom. The summed E-state index contributed by atoms with van der Waals surface area (Å²) in [5, 5.41) is 7.33. The molecule has 24 heavy (non-hydrogen) atoms. The zero-order valence-electron chi connectivity index (χ0n) is 13.5. The molecule has 0 atom stereocenters. The second-order valence-corrected chi connectivity index (χ2v) is 6.20. The van der Waals surface area contributed by atoms with Crippen molar-refractivity contribution >= 4 is 38.6 Å². The number of amides is 1. The van der Waals surface area contributed by atoms with Crippen molar-refractivity contribution in [1.82, 2.24) is 14.8 Å². The molecule has 1 aromatic carbocycles. The minimum Gasteiger partial charge on any atom is -0.462 e. The largest absolute Gasteiger partial charge is 0.462 e. The van der Waals surface area contributed by atoms with Crippen molar-refractivity contribution in [3.63, 3.8) is 0 Å². The molecule has 1 amide bonds. The first-order chi connectivity index (χ1) is 11.5. The van der Waals surface area contributed by atoms with Crippen molar-refractivity contribution in [3.8, 4) is 0 Å². The monoisotopic (exact) mass is 344 g/mol. The zero-order chi connectivity index (χ0) is 17.3. The number of nitrogens with zero attached hydrogens (tertiary/aromatic N) is 3. The summed E-state index contributed by atoms with van der Waals surface area (Å²) >= 11 is 1.30. The smallest absolute Gasteiger partial charge is 0.338 e. The van der Waals surface area contributed by atoms with Crippen molar-refractivity contribution in [2.45, 2.75) is 13.8 Å². The minimum absolute atomic E-state index is 0.316. The van der Waals surface area contributed by atoms with Crippen LogP contribution in [0, 0.1) is 6.92 Å². The summed E-state index contributed by atoms with van der Waals surface area (Å²) in [5.74, 6) is -0.689. The number of ether oxygens (including phenoxy) is 1. The summed E-state index contributed by atoms with van der Waals surface area (Å²) in [6, 6.07) is 6.82. The van der Waals surface area contributed by atoms with Gasteiger partial charge in [0.2, 0.25) is 0 Å². The topological polar surface area (TPSA) is 86.1 Å². The lowest BCUT2D eigenvalue weighted by molar-refractivity contribution is 0.0526. The molecular formula is C16H16N4O3S. The van der Waals surface area contributed by atoms with Gasteiger partial charge in [0.05, 0.1) is 22.4 Å². The minimum atomic E-state index is -0.373. The molecule has 2 heterocycles. The van der Waals surface area contributed by atoms with Crippen LogP contribution in [0.5, 0.6) is 0 Å². The molecule has 1 N–H and O–H groups in total. The predicted octanol–water partition coefficient (Wildman–Crippen LogP) is 2.77. The lowest BCUT2D eigenvalue weighted by Gasteiger charge is -2.00. The maximum absolute atomic E-state index is 12.2. The van der Waals surface area contributed by atoms with E-state index in [1.807, 2.05) is 6.92 Å². The van der Waals surface area contributed by atoms with Crippen LogP contribution in [-0.2, 0) is 11.8 Å². The van der Waals surface area contributed by atoms with Crippen molar-refractivity contribution < 1.29 is 14.3 Å². The van der Waals surface area contributed by atoms with Gasteiger partial charge in [-0.3, -0.25) is 14.8 Å². The first kappa shape index (κ1) is 16.1. The van der Waals surface area contributed by atoms with Gasteiger partial charge in [0, 0.05) is 12.7 Å². The number of nitrogens with one attached hydrogen (secondary N) is 1. The molecular weight excluding hydrogens is 328 g/mol. The quantitative estimate of drug-likeness (QED) is 0.736. The number of aromatic nitrogens is 3. The van der Waals surface area contributed by atoms with Crippen LogP contribution in [0.1, 0.15) is 33.5 Å². The van der Waals surface area contributed by atoms with Gasteiger partial charge in [-0.05, 0) is 38.1 Å². The normalized spacial score (nSPS) is 10.8. The third kappa shape index (κ3) is 3.13. The number of esters is 1. The van der Waals surface area contributed by atoms with Crippen molar-refractivity contribution in [1.29, 1.82) is 0 Å². The molecule has 7 nitrogen and oxygen atoms in total. The van der Waals surface area contributed by atoms with Crippen molar-refractivity contribution in [2.24, 2.45) is 7.05 Å². The number of fused-ring (bicyclic) bond motifs is 1. The van der Waals surface area contributed by atoms with Crippen LogP contribution in [0.25, 0.3) is 10.2 Å². The fourth-order valence-corrected chi connectivity index (χ4v) is 3.05. The van der Waals surface area contributed by atoms with E-state index in [-0.39, 0.29) is 11.9 Å². The van der Waals surface area contributed by atoms with E-state index in [1.54, 1.807) is 42.9 Å². The van der Waals surface area contributed by atoms with Gasteiger partial charge < -0.3 is 4.74 Å². The van der Waals surface area contributed by atoms with E-state index in [0.717, 1.165) is 10.4 Å². The fourth-order valence-electron chi connectivity index (χ4n) is 2.15. The number of anilines is 1. The standard InChI is InChI=1S/C16H16N4O3S/c1-4-23-15(22)10-5-6-11-13(8-10)24-16(17-11)18-14(21)12-7-9(2)20(3)19-12/h5-8H,4H2,1-3H3,(H,17,18,21). The molecule has 0 bridgehead atoms. The summed E-state index contributed by atoms with van der Waals surface area (Å²) in [7, 11) is 1.78. The third-order valence-electron chi connectivity index (χ3n) is 3.47. The summed E-state index contributed by atoms with van der Waals surface area (Å²) in [4.78, 5) is 28.3. The van der Waals surface area contributed by atoms with Gasteiger partial charge >= 0.3 is 5.97 Å². The highest BCUT2D eigenvalue weighted by Gasteiger charge is 2.15.